The summed E-state index contributed by atoms with van der Waals surface area (Å²) in [7, 11) is 0. The van der Waals surface area contributed by atoms with Gasteiger partial charge in [-0.15, -0.1) is 0 Å². The molecule has 6 heteroatoms. The molecule has 2 amide bonds. The number of carbonyl (C=O) groups is 2. The van der Waals surface area contributed by atoms with Gasteiger partial charge in [-0.1, -0.05) is 42.5 Å². The van der Waals surface area contributed by atoms with Gasteiger partial charge in [0.25, 0.3) is 17.4 Å². The van der Waals surface area contributed by atoms with Crippen molar-refractivity contribution in [3.63, 3.8) is 0 Å². The van der Waals surface area contributed by atoms with E-state index in [9.17, 15) is 14.4 Å². The zero-order valence-corrected chi connectivity index (χ0v) is 13.9. The topological polar surface area (TPSA) is 94.2 Å². The number of rotatable bonds is 2. The van der Waals surface area contributed by atoms with Crippen LogP contribution in [0.5, 0.6) is 0 Å². The highest BCUT2D eigenvalue weighted by Crippen LogP contribution is 2.31. The first-order chi connectivity index (χ1) is 12.5. The van der Waals surface area contributed by atoms with Crippen molar-refractivity contribution in [3.05, 3.63) is 81.6 Å². The molecule has 0 bridgehead atoms. The van der Waals surface area contributed by atoms with E-state index < -0.39 is 17.4 Å². The molecule has 1 aliphatic rings. The zero-order valence-electron chi connectivity index (χ0n) is 13.9. The molecule has 2 aromatic carbocycles. The summed E-state index contributed by atoms with van der Waals surface area (Å²) in [4.78, 5) is 36.6. The van der Waals surface area contributed by atoms with E-state index in [2.05, 4.69) is 5.32 Å². The Hall–Kier alpha value is -3.67. The first kappa shape index (κ1) is 15.8. The lowest BCUT2D eigenvalue weighted by Crippen LogP contribution is -2.24. The highest BCUT2D eigenvalue weighted by molar-refractivity contribution is 6.23. The maximum atomic E-state index is 12.7. The van der Waals surface area contributed by atoms with Crippen LogP contribution in [0.1, 0.15) is 26.3 Å². The lowest BCUT2D eigenvalue weighted by atomic mass is 9.98. The molecule has 4 rings (SSSR count). The normalized spacial score (nSPS) is 12.8. The molecule has 0 radical (unpaired) electrons. The van der Waals surface area contributed by atoms with Crippen molar-refractivity contribution >= 4 is 17.6 Å². The predicted octanol–water partition coefficient (Wildman–Crippen LogP) is 2.28. The minimum absolute atomic E-state index is 0.0159. The minimum atomic E-state index is -0.604. The number of anilines is 1. The number of carbonyl (C=O) groups excluding carboxylic acids is 2. The van der Waals surface area contributed by atoms with E-state index in [0.29, 0.717) is 5.69 Å². The molecule has 0 saturated carbocycles. The largest absolute Gasteiger partial charge is 0.384 e. The Morgan fingerprint density at radius 2 is 1.50 bits per heavy atom. The highest BCUT2D eigenvalue weighted by Gasteiger charge is 2.32. The van der Waals surface area contributed by atoms with Crippen LogP contribution in [0.15, 0.2) is 59.4 Å². The third-order valence-electron chi connectivity index (χ3n) is 4.53. The predicted molar refractivity (Wildman–Crippen MR) is 98.4 cm³/mol. The smallest absolute Gasteiger partial charge is 0.262 e. The molecule has 26 heavy (non-hydrogen) atoms. The lowest BCUT2D eigenvalue weighted by Gasteiger charge is -2.17. The van der Waals surface area contributed by atoms with Gasteiger partial charge in [-0.25, -0.2) is 0 Å². The van der Waals surface area contributed by atoms with Gasteiger partial charge in [0.05, 0.1) is 16.8 Å². The van der Waals surface area contributed by atoms with Gasteiger partial charge in [-0.05, 0) is 24.1 Å². The number of nitrogens with one attached hydrogen (secondary N) is 1. The summed E-state index contributed by atoms with van der Waals surface area (Å²) in [6, 6.07) is 16.3. The molecule has 0 spiro atoms. The summed E-state index contributed by atoms with van der Waals surface area (Å²) in [5.74, 6) is -1.24. The number of para-hydroxylation sites is 1. The number of imide groups is 1. The van der Waals surface area contributed by atoms with Crippen LogP contribution in [0.2, 0.25) is 0 Å². The van der Waals surface area contributed by atoms with Crippen LogP contribution in [0.4, 0.5) is 5.82 Å². The maximum Gasteiger partial charge on any atom is 0.262 e. The molecule has 1 aliphatic heterocycles. The Labute approximate surface area is 148 Å². The second kappa shape index (κ2) is 5.70. The summed E-state index contributed by atoms with van der Waals surface area (Å²) < 4.78 is 1.28. The fourth-order valence-corrected chi connectivity index (χ4v) is 3.30. The van der Waals surface area contributed by atoms with Crippen LogP contribution in [-0.2, 0) is 0 Å². The van der Waals surface area contributed by atoms with Gasteiger partial charge in [0.15, 0.2) is 0 Å². The Kier molecular flexibility index (Phi) is 3.47. The molecule has 1 aromatic heterocycles. The van der Waals surface area contributed by atoms with Crippen molar-refractivity contribution in [1.29, 1.82) is 0 Å². The van der Waals surface area contributed by atoms with Crippen molar-refractivity contribution < 1.29 is 9.59 Å². The Bertz CT molecular complexity index is 1150. The van der Waals surface area contributed by atoms with Crippen molar-refractivity contribution in [1.82, 2.24) is 9.88 Å². The van der Waals surface area contributed by atoms with Crippen LogP contribution < -0.4 is 16.6 Å². The number of hydrogen-bond acceptors (Lipinski definition) is 4. The number of fused-ring (bicyclic) bond motifs is 1. The van der Waals surface area contributed by atoms with Gasteiger partial charge in [-0.3, -0.25) is 24.3 Å². The number of pyridine rings is 1. The van der Waals surface area contributed by atoms with Crippen LogP contribution in [0.25, 0.3) is 16.8 Å². The van der Waals surface area contributed by atoms with Crippen molar-refractivity contribution in [2.45, 2.75) is 6.92 Å². The summed E-state index contributed by atoms with van der Waals surface area (Å²) in [6.07, 6.45) is 0. The standard InChI is InChI=1S/C20H15N3O3/c1-11-6-2-3-7-12(11)13-8-4-5-9-15(13)23-16(24)10-14-17(18(23)21)20(26)22-19(14)25/h2-10H,21H2,1H3,(H,22,25,26). The van der Waals surface area contributed by atoms with E-state index in [-0.39, 0.29) is 16.9 Å². The second-order valence-electron chi connectivity index (χ2n) is 6.11. The summed E-state index contributed by atoms with van der Waals surface area (Å²) in [5, 5.41) is 2.17. The van der Waals surface area contributed by atoms with E-state index in [1.807, 2.05) is 43.3 Å². The molecule has 0 fully saturated rings. The maximum absolute atomic E-state index is 12.7. The average molecular weight is 345 g/mol. The monoisotopic (exact) mass is 345 g/mol. The first-order valence-electron chi connectivity index (χ1n) is 8.05. The average Bonchev–Trinajstić information content (AvgIpc) is 2.90. The quantitative estimate of drug-likeness (QED) is 0.697. The minimum Gasteiger partial charge on any atom is -0.384 e. The van der Waals surface area contributed by atoms with Crippen molar-refractivity contribution in [3.8, 4) is 16.8 Å². The highest BCUT2D eigenvalue weighted by atomic mass is 16.2. The molecule has 2 heterocycles. The Morgan fingerprint density at radius 3 is 2.23 bits per heavy atom. The van der Waals surface area contributed by atoms with Crippen LogP contribution >= 0.6 is 0 Å². The molecule has 3 aromatic rings. The number of nitrogens with zero attached hydrogens (tertiary/aromatic N) is 1. The van der Waals surface area contributed by atoms with Gasteiger partial charge in [-0.2, -0.15) is 0 Å². The van der Waals surface area contributed by atoms with E-state index in [4.69, 9.17) is 5.73 Å². The van der Waals surface area contributed by atoms with Gasteiger partial charge < -0.3 is 5.73 Å². The molecule has 0 atom stereocenters. The van der Waals surface area contributed by atoms with Gasteiger partial charge in [0, 0.05) is 11.6 Å². The Balaban J connectivity index is 2.04. The lowest BCUT2D eigenvalue weighted by molar-refractivity contribution is 0.0880. The van der Waals surface area contributed by atoms with Gasteiger partial charge in [0.1, 0.15) is 5.82 Å². The van der Waals surface area contributed by atoms with E-state index in [1.165, 1.54) is 4.57 Å². The number of hydrogen-bond donors (Lipinski definition) is 2. The molecule has 128 valence electrons. The zero-order chi connectivity index (χ0) is 18.4. The fraction of sp³-hybridized carbons (Fsp3) is 0.0500. The summed E-state index contributed by atoms with van der Waals surface area (Å²) in [6.45, 7) is 1.98. The molecule has 0 aliphatic carbocycles. The van der Waals surface area contributed by atoms with Gasteiger partial charge >= 0.3 is 0 Å². The number of aryl methyl sites for hydroxylation is 1. The third kappa shape index (κ3) is 2.23. The van der Waals surface area contributed by atoms with Crippen molar-refractivity contribution in [2.24, 2.45) is 0 Å². The number of nitrogens with two attached hydrogens (primary N) is 1. The molecule has 3 N–H and O–H groups in total. The van der Waals surface area contributed by atoms with Gasteiger partial charge in [0.2, 0.25) is 0 Å². The van der Waals surface area contributed by atoms with Crippen LogP contribution in [0.3, 0.4) is 0 Å². The number of aromatic nitrogens is 1. The van der Waals surface area contributed by atoms with E-state index in [1.54, 1.807) is 12.1 Å². The SMILES string of the molecule is Cc1ccccc1-c1ccccc1-n1c(N)c2c(cc1=O)C(=O)NC2=O. The number of benzene rings is 2. The molecular weight excluding hydrogens is 330 g/mol. The number of nitrogen functional groups attached to an aromatic ring is 1. The first-order valence-corrected chi connectivity index (χ1v) is 8.05. The molecular formula is C20H15N3O3. The fourth-order valence-electron chi connectivity index (χ4n) is 3.30. The summed E-state index contributed by atoms with van der Waals surface area (Å²) in [5.41, 5.74) is 9.10. The summed E-state index contributed by atoms with van der Waals surface area (Å²) >= 11 is 0. The molecule has 0 saturated heterocycles. The second-order valence-corrected chi connectivity index (χ2v) is 6.11. The van der Waals surface area contributed by atoms with Crippen LogP contribution in [-0.4, -0.2) is 16.4 Å². The Morgan fingerprint density at radius 1 is 0.846 bits per heavy atom. The third-order valence-corrected chi connectivity index (χ3v) is 4.53. The van der Waals surface area contributed by atoms with E-state index in [0.717, 1.165) is 22.8 Å². The van der Waals surface area contributed by atoms with E-state index >= 15 is 0 Å². The molecule has 0 unspecified atom stereocenters. The number of amides is 2. The van der Waals surface area contributed by atoms with Crippen molar-refractivity contribution in [2.75, 3.05) is 5.73 Å². The van der Waals surface area contributed by atoms with Crippen LogP contribution in [0, 0.1) is 6.92 Å². The molecule has 6 nitrogen and oxygen atoms in total.